The molecule has 0 aliphatic carbocycles. The maximum atomic E-state index is 5.78. The van der Waals surface area contributed by atoms with Crippen LogP contribution in [-0.4, -0.2) is 0 Å². The summed E-state index contributed by atoms with van der Waals surface area (Å²) in [4.78, 5) is 0. The Hall–Kier alpha value is -6.53. The average Bonchev–Trinajstić information content (AvgIpc) is 3.25. The highest BCUT2D eigenvalue weighted by Crippen LogP contribution is 2.37. The van der Waals surface area contributed by atoms with E-state index in [4.69, 9.17) is 4.74 Å². The van der Waals surface area contributed by atoms with Crippen molar-refractivity contribution in [3.63, 3.8) is 0 Å². The van der Waals surface area contributed by atoms with Gasteiger partial charge in [-0.1, -0.05) is 206 Å². The van der Waals surface area contributed by atoms with Crippen LogP contribution in [0, 0.1) is 0 Å². The molecule has 1 atom stereocenters. The van der Waals surface area contributed by atoms with Gasteiger partial charge in [0.2, 0.25) is 0 Å². The van der Waals surface area contributed by atoms with Crippen molar-refractivity contribution in [2.75, 3.05) is 0 Å². The van der Waals surface area contributed by atoms with Crippen LogP contribution in [0.2, 0.25) is 0 Å². The van der Waals surface area contributed by atoms with Gasteiger partial charge in [0.15, 0.2) is 0 Å². The zero-order chi connectivity index (χ0) is 36.1. The minimum absolute atomic E-state index is 0. The summed E-state index contributed by atoms with van der Waals surface area (Å²) >= 11 is 0. The molecule has 0 aromatic heterocycles. The van der Waals surface area contributed by atoms with Crippen LogP contribution in [0.5, 0.6) is 11.5 Å². The molecule has 10 aromatic carbocycles. The van der Waals surface area contributed by atoms with Gasteiger partial charge in [-0.05, 0) is 88.6 Å². The second-order valence-corrected chi connectivity index (χ2v) is 13.6. The SMILES string of the molecule is P.c1ccc2c(-c3cccc4ccccc34)cccc2c1.c1ccc2c(-c3cccc4ccccc34)cccc2c1.c1ccc2c(c1)Cc1ccccc1O2. The van der Waals surface area contributed by atoms with Crippen LogP contribution >= 0.6 is 9.90 Å². The van der Waals surface area contributed by atoms with Crippen molar-refractivity contribution in [3.05, 3.63) is 230 Å². The number of rotatable bonds is 2. The molecule has 0 fully saturated rings. The van der Waals surface area contributed by atoms with Gasteiger partial charge in [0.25, 0.3) is 0 Å². The maximum Gasteiger partial charge on any atom is 0.130 e. The van der Waals surface area contributed by atoms with Crippen LogP contribution in [0.4, 0.5) is 0 Å². The second-order valence-electron chi connectivity index (χ2n) is 13.6. The molecule has 0 spiro atoms. The van der Waals surface area contributed by atoms with Crippen LogP contribution in [0.1, 0.15) is 11.1 Å². The maximum absolute atomic E-state index is 5.78. The smallest absolute Gasteiger partial charge is 0.130 e. The average molecular weight is 725 g/mol. The van der Waals surface area contributed by atoms with E-state index >= 15 is 0 Å². The third kappa shape index (κ3) is 7.36. The molecule has 0 saturated carbocycles. The third-order valence-electron chi connectivity index (χ3n) is 10.3. The minimum Gasteiger partial charge on any atom is -0.457 e. The monoisotopic (exact) mass is 724 g/mol. The molecule has 2 heteroatoms. The van der Waals surface area contributed by atoms with Crippen LogP contribution in [-0.2, 0) is 6.42 Å². The molecular weight excluding hydrogens is 684 g/mol. The van der Waals surface area contributed by atoms with Gasteiger partial charge in [0.05, 0.1) is 0 Å². The van der Waals surface area contributed by atoms with Crippen molar-refractivity contribution in [2.24, 2.45) is 0 Å². The molecule has 1 heterocycles. The number of hydrogen-bond donors (Lipinski definition) is 0. The van der Waals surface area contributed by atoms with E-state index in [2.05, 4.69) is 194 Å². The first-order valence-electron chi connectivity index (χ1n) is 18.6. The summed E-state index contributed by atoms with van der Waals surface area (Å²) in [5, 5.41) is 10.4. The third-order valence-corrected chi connectivity index (χ3v) is 10.3. The van der Waals surface area contributed by atoms with E-state index in [1.807, 2.05) is 24.3 Å². The van der Waals surface area contributed by atoms with Gasteiger partial charge in [-0.25, -0.2) is 0 Å². The van der Waals surface area contributed by atoms with Crippen LogP contribution in [0.3, 0.4) is 0 Å². The second kappa shape index (κ2) is 16.2. The predicted molar refractivity (Wildman–Crippen MR) is 241 cm³/mol. The van der Waals surface area contributed by atoms with Gasteiger partial charge in [-0.3, -0.25) is 0 Å². The van der Waals surface area contributed by atoms with Gasteiger partial charge >= 0.3 is 0 Å². The molecule has 0 N–H and O–H groups in total. The fourth-order valence-electron chi connectivity index (χ4n) is 7.66. The van der Waals surface area contributed by atoms with Crippen molar-refractivity contribution in [1.82, 2.24) is 0 Å². The van der Waals surface area contributed by atoms with Crippen molar-refractivity contribution in [1.29, 1.82) is 0 Å². The topological polar surface area (TPSA) is 9.23 Å². The highest BCUT2D eigenvalue weighted by Gasteiger charge is 2.15. The Kier molecular flexibility index (Phi) is 10.5. The largest absolute Gasteiger partial charge is 0.457 e. The quantitative estimate of drug-likeness (QED) is 0.161. The van der Waals surface area contributed by atoms with Gasteiger partial charge < -0.3 is 4.74 Å². The van der Waals surface area contributed by atoms with E-state index in [1.54, 1.807) is 0 Å². The summed E-state index contributed by atoms with van der Waals surface area (Å²) in [6.45, 7) is 0. The lowest BCUT2D eigenvalue weighted by Crippen LogP contribution is -2.01. The highest BCUT2D eigenvalue weighted by molar-refractivity contribution is 6.92. The Bertz CT molecular complexity index is 2490. The molecule has 0 saturated heterocycles. The van der Waals surface area contributed by atoms with Crippen molar-refractivity contribution in [3.8, 4) is 33.8 Å². The number of ether oxygens (including phenoxy) is 1. The van der Waals surface area contributed by atoms with Gasteiger partial charge in [-0.15, -0.1) is 0 Å². The molecule has 0 bridgehead atoms. The van der Waals surface area contributed by atoms with E-state index in [1.165, 1.54) is 76.5 Å². The van der Waals surface area contributed by atoms with Crippen LogP contribution in [0.25, 0.3) is 65.3 Å². The summed E-state index contributed by atoms with van der Waals surface area (Å²) in [5.41, 5.74) is 7.76. The molecule has 10 aromatic rings. The fourth-order valence-corrected chi connectivity index (χ4v) is 7.66. The highest BCUT2D eigenvalue weighted by atomic mass is 31.0. The van der Waals surface area contributed by atoms with E-state index in [-0.39, 0.29) is 9.90 Å². The molecule has 0 amide bonds. The lowest BCUT2D eigenvalue weighted by atomic mass is 9.94. The first-order valence-corrected chi connectivity index (χ1v) is 18.6. The summed E-state index contributed by atoms with van der Waals surface area (Å²) in [7, 11) is 0. The van der Waals surface area contributed by atoms with Gasteiger partial charge in [-0.2, -0.15) is 9.90 Å². The summed E-state index contributed by atoms with van der Waals surface area (Å²) < 4.78 is 5.78. The Morgan fingerprint density at radius 2 is 0.509 bits per heavy atom. The molecule has 1 aliphatic rings. The normalized spacial score (nSPS) is 11.2. The Balaban J connectivity index is 0.000000117. The van der Waals surface area contributed by atoms with E-state index in [0.29, 0.717) is 0 Å². The molecule has 1 nitrogen and oxygen atoms in total. The predicted octanol–water partition coefficient (Wildman–Crippen LogP) is 14.8. The zero-order valence-corrected chi connectivity index (χ0v) is 32.0. The van der Waals surface area contributed by atoms with Gasteiger partial charge in [0.1, 0.15) is 11.5 Å². The summed E-state index contributed by atoms with van der Waals surface area (Å²) in [6, 6.07) is 76.8. The fraction of sp³-hybridized carbons (Fsp3) is 0.0189. The van der Waals surface area contributed by atoms with E-state index in [9.17, 15) is 0 Å². The molecule has 0 radical (unpaired) electrons. The first kappa shape index (κ1) is 35.5. The molecule has 1 aliphatic heterocycles. The number of hydrogen-bond acceptors (Lipinski definition) is 1. The van der Waals surface area contributed by atoms with E-state index < -0.39 is 0 Å². The number of benzene rings is 10. The lowest BCUT2D eigenvalue weighted by Gasteiger charge is -2.19. The summed E-state index contributed by atoms with van der Waals surface area (Å²) in [6.07, 6.45) is 0.979. The van der Waals surface area contributed by atoms with E-state index in [0.717, 1.165) is 17.9 Å². The molecule has 55 heavy (non-hydrogen) atoms. The zero-order valence-electron chi connectivity index (χ0n) is 30.6. The van der Waals surface area contributed by atoms with Crippen LogP contribution < -0.4 is 4.74 Å². The lowest BCUT2D eigenvalue weighted by molar-refractivity contribution is 0.460. The molecular formula is C53H41OP. The minimum atomic E-state index is 0. The molecule has 264 valence electrons. The number of para-hydroxylation sites is 2. The standard InChI is InChI=1S/2C20H14.C13H10O.H3P/c2*1-3-11-17-15(7-1)9-5-13-19(17)20-14-6-10-16-8-2-4-12-18(16)20;1-3-7-12-10(5-1)9-11-6-2-4-8-13(11)14-12;/h2*1-14H;1-8H,9H2;1H3. The van der Waals surface area contributed by atoms with Crippen molar-refractivity contribution < 1.29 is 4.74 Å². The Labute approximate surface area is 326 Å². The Morgan fingerprint density at radius 1 is 0.255 bits per heavy atom. The number of fused-ring (bicyclic) bond motifs is 6. The first-order chi connectivity index (χ1) is 26.8. The van der Waals surface area contributed by atoms with Crippen LogP contribution in [0.15, 0.2) is 218 Å². The Morgan fingerprint density at radius 3 is 0.836 bits per heavy atom. The molecule has 1 unspecified atom stereocenters. The molecule has 11 rings (SSSR count). The van der Waals surface area contributed by atoms with Crippen molar-refractivity contribution in [2.45, 2.75) is 6.42 Å². The summed E-state index contributed by atoms with van der Waals surface area (Å²) in [5.74, 6) is 1.98. The van der Waals surface area contributed by atoms with Gasteiger partial charge in [0, 0.05) is 6.42 Å². The van der Waals surface area contributed by atoms with Crippen molar-refractivity contribution >= 4 is 53.0 Å².